The molecule has 0 bridgehead atoms. The first-order valence-corrected chi connectivity index (χ1v) is 11.4. The van der Waals surface area contributed by atoms with E-state index in [2.05, 4.69) is 0 Å². The van der Waals surface area contributed by atoms with E-state index in [4.69, 9.17) is 0 Å². The largest absolute Gasteiger partial charge is 0.304 e. The number of nitro benzene ring substituents is 1. The van der Waals surface area contributed by atoms with Gasteiger partial charge in [0.25, 0.3) is 5.69 Å². The number of rotatable bonds is 6. The molecule has 0 amide bonds. The fourth-order valence-electron chi connectivity index (χ4n) is 3.07. The molecule has 1 heterocycles. The molecule has 2 aromatic carbocycles. The van der Waals surface area contributed by atoms with Gasteiger partial charge in [0, 0.05) is 37.5 Å². The summed E-state index contributed by atoms with van der Waals surface area (Å²) < 4.78 is 40.3. The molecular weight excluding hydrogens is 417 g/mol. The number of thioether (sulfide) groups is 1. The molecular formula is C19H22FN3O4S2. The zero-order valence-electron chi connectivity index (χ0n) is 16.1. The molecule has 1 aliphatic heterocycles. The summed E-state index contributed by atoms with van der Waals surface area (Å²) in [6.45, 7) is 3.79. The van der Waals surface area contributed by atoms with Crippen LogP contribution in [0, 0.1) is 15.9 Å². The van der Waals surface area contributed by atoms with Crippen LogP contribution in [0.3, 0.4) is 0 Å². The van der Waals surface area contributed by atoms with Crippen LogP contribution >= 0.6 is 11.8 Å². The Morgan fingerprint density at radius 3 is 2.31 bits per heavy atom. The first-order chi connectivity index (χ1) is 13.7. The normalized spacial score (nSPS) is 17.2. The molecule has 10 heteroatoms. The number of hydrogen-bond acceptors (Lipinski definition) is 6. The number of nitrogens with zero attached hydrogens (tertiary/aromatic N) is 3. The Hall–Kier alpha value is -2.01. The highest BCUT2D eigenvalue weighted by molar-refractivity contribution is 7.99. The molecule has 156 valence electrons. The number of nitro groups is 1. The summed E-state index contributed by atoms with van der Waals surface area (Å²) in [7, 11) is -1.87. The van der Waals surface area contributed by atoms with Crippen molar-refractivity contribution < 1.29 is 17.7 Å². The van der Waals surface area contributed by atoms with Crippen LogP contribution in [-0.2, 0) is 10.0 Å². The summed E-state index contributed by atoms with van der Waals surface area (Å²) in [5.41, 5.74) is 0.569. The molecule has 2 aromatic rings. The summed E-state index contributed by atoms with van der Waals surface area (Å²) in [5, 5.41) is 11.4. The number of likely N-dealkylation sites (N-methyl/N-ethyl adjacent to an activating group) is 1. The Morgan fingerprint density at radius 2 is 1.72 bits per heavy atom. The van der Waals surface area contributed by atoms with Crippen molar-refractivity contribution in [3.8, 4) is 0 Å². The molecule has 0 radical (unpaired) electrons. The van der Waals surface area contributed by atoms with Crippen LogP contribution in [0.1, 0.15) is 17.7 Å². The first kappa shape index (κ1) is 21.7. The van der Waals surface area contributed by atoms with Gasteiger partial charge in [-0.15, -0.1) is 11.8 Å². The maximum atomic E-state index is 13.1. The van der Waals surface area contributed by atoms with Crippen LogP contribution in [0.2, 0.25) is 0 Å². The molecule has 3 rings (SSSR count). The smallest absolute Gasteiger partial charge is 0.284 e. The monoisotopic (exact) mass is 439 g/mol. The molecule has 7 nitrogen and oxygen atoms in total. The molecule has 1 unspecified atom stereocenters. The van der Waals surface area contributed by atoms with Crippen LogP contribution in [0.5, 0.6) is 0 Å². The molecule has 1 aliphatic rings. The van der Waals surface area contributed by atoms with Crippen molar-refractivity contribution in [2.24, 2.45) is 0 Å². The standard InChI is InChI=1S/C19H22FN3O4S2/c1-14(15-3-5-16(20)6-4-15)28-19-8-7-17(13-18(19)23(24)25)29(26,27)22-11-9-21(2)10-12-22/h3-8,13-14H,9-12H2,1-2H3. The van der Waals surface area contributed by atoms with E-state index in [9.17, 15) is 22.9 Å². The van der Waals surface area contributed by atoms with E-state index in [1.807, 2.05) is 18.9 Å². The van der Waals surface area contributed by atoms with Crippen molar-refractivity contribution in [1.29, 1.82) is 0 Å². The topological polar surface area (TPSA) is 83.8 Å². The zero-order chi connectivity index (χ0) is 21.2. The maximum Gasteiger partial charge on any atom is 0.284 e. The molecule has 0 saturated carbocycles. The highest BCUT2D eigenvalue weighted by Gasteiger charge is 2.30. The average Bonchev–Trinajstić information content (AvgIpc) is 2.68. The molecule has 1 fully saturated rings. The van der Waals surface area contributed by atoms with Gasteiger partial charge in [-0.25, -0.2) is 12.8 Å². The van der Waals surface area contributed by atoms with E-state index in [-0.39, 0.29) is 21.7 Å². The third kappa shape index (κ3) is 4.95. The van der Waals surface area contributed by atoms with Crippen LogP contribution in [0.15, 0.2) is 52.3 Å². The van der Waals surface area contributed by atoms with Gasteiger partial charge < -0.3 is 4.90 Å². The quantitative estimate of drug-likeness (QED) is 0.389. The van der Waals surface area contributed by atoms with Crippen molar-refractivity contribution in [1.82, 2.24) is 9.21 Å². The van der Waals surface area contributed by atoms with E-state index in [0.29, 0.717) is 31.1 Å². The molecule has 0 aromatic heterocycles. The molecule has 0 spiro atoms. The Kier molecular flexibility index (Phi) is 6.57. The lowest BCUT2D eigenvalue weighted by atomic mass is 10.2. The fourth-order valence-corrected chi connectivity index (χ4v) is 5.59. The molecule has 0 N–H and O–H groups in total. The first-order valence-electron chi connectivity index (χ1n) is 9.08. The average molecular weight is 440 g/mol. The molecule has 0 aliphatic carbocycles. The van der Waals surface area contributed by atoms with Crippen molar-refractivity contribution in [3.63, 3.8) is 0 Å². The van der Waals surface area contributed by atoms with Crippen LogP contribution in [0.4, 0.5) is 10.1 Å². The van der Waals surface area contributed by atoms with E-state index in [0.717, 1.165) is 11.6 Å². The van der Waals surface area contributed by atoms with E-state index in [1.54, 1.807) is 12.1 Å². The number of halogens is 1. The van der Waals surface area contributed by atoms with E-state index >= 15 is 0 Å². The zero-order valence-corrected chi connectivity index (χ0v) is 17.7. The predicted octanol–water partition coefficient (Wildman–Crippen LogP) is 3.52. The molecule has 1 atom stereocenters. The number of piperazine rings is 1. The molecule has 1 saturated heterocycles. The van der Waals surface area contributed by atoms with Gasteiger partial charge in [-0.1, -0.05) is 12.1 Å². The summed E-state index contributed by atoms with van der Waals surface area (Å²) in [6.07, 6.45) is 0. The van der Waals surface area contributed by atoms with Gasteiger partial charge in [0.1, 0.15) is 5.82 Å². The summed E-state index contributed by atoms with van der Waals surface area (Å²) >= 11 is 1.23. The Bertz CT molecular complexity index is 991. The maximum absolute atomic E-state index is 13.1. The van der Waals surface area contributed by atoms with E-state index in [1.165, 1.54) is 40.3 Å². The van der Waals surface area contributed by atoms with Gasteiger partial charge >= 0.3 is 0 Å². The van der Waals surface area contributed by atoms with Crippen LogP contribution < -0.4 is 0 Å². The van der Waals surface area contributed by atoms with Gasteiger partial charge in [0.2, 0.25) is 10.0 Å². The second kappa shape index (κ2) is 8.78. The number of hydrogen-bond donors (Lipinski definition) is 0. The van der Waals surface area contributed by atoms with Gasteiger partial charge in [-0.2, -0.15) is 4.31 Å². The lowest BCUT2D eigenvalue weighted by molar-refractivity contribution is -0.388. The van der Waals surface area contributed by atoms with Gasteiger partial charge in [0.05, 0.1) is 14.7 Å². The Balaban J connectivity index is 1.87. The third-order valence-corrected chi connectivity index (χ3v) is 7.99. The Morgan fingerprint density at radius 1 is 1.10 bits per heavy atom. The van der Waals surface area contributed by atoms with Crippen LogP contribution in [0.25, 0.3) is 0 Å². The summed E-state index contributed by atoms with van der Waals surface area (Å²) in [4.78, 5) is 13.4. The summed E-state index contributed by atoms with van der Waals surface area (Å²) in [6, 6.07) is 9.97. The minimum absolute atomic E-state index is 0.0764. The summed E-state index contributed by atoms with van der Waals surface area (Å²) in [5.74, 6) is -0.351. The van der Waals surface area contributed by atoms with Crippen molar-refractivity contribution in [3.05, 3.63) is 64.0 Å². The lowest BCUT2D eigenvalue weighted by Crippen LogP contribution is -2.47. The second-order valence-electron chi connectivity index (χ2n) is 6.91. The predicted molar refractivity (Wildman–Crippen MR) is 110 cm³/mol. The van der Waals surface area contributed by atoms with Gasteiger partial charge in [-0.3, -0.25) is 10.1 Å². The van der Waals surface area contributed by atoms with Crippen molar-refractivity contribution in [2.75, 3.05) is 33.2 Å². The van der Waals surface area contributed by atoms with E-state index < -0.39 is 14.9 Å². The van der Waals surface area contributed by atoms with Gasteiger partial charge in [-0.05, 0) is 43.8 Å². The minimum atomic E-state index is -3.79. The lowest BCUT2D eigenvalue weighted by Gasteiger charge is -2.31. The SMILES string of the molecule is CC(Sc1ccc(S(=O)(=O)N2CCN(C)CC2)cc1[N+](=O)[O-])c1ccc(F)cc1. The van der Waals surface area contributed by atoms with Crippen molar-refractivity contribution >= 4 is 27.5 Å². The highest BCUT2D eigenvalue weighted by Crippen LogP contribution is 2.40. The third-order valence-electron chi connectivity index (χ3n) is 4.87. The molecule has 29 heavy (non-hydrogen) atoms. The highest BCUT2D eigenvalue weighted by atomic mass is 32.2. The fraction of sp³-hybridized carbons (Fsp3) is 0.368. The number of sulfonamides is 1. The van der Waals surface area contributed by atoms with Crippen molar-refractivity contribution in [2.45, 2.75) is 22.0 Å². The Labute approximate surface area is 173 Å². The van der Waals surface area contributed by atoms with Crippen LogP contribution in [-0.4, -0.2) is 55.8 Å². The second-order valence-corrected chi connectivity index (χ2v) is 10.2. The minimum Gasteiger partial charge on any atom is -0.304 e. The van der Waals surface area contributed by atoms with Gasteiger partial charge in [0.15, 0.2) is 0 Å². The number of benzene rings is 2.